The lowest BCUT2D eigenvalue weighted by atomic mass is 9.94. The molecule has 1 unspecified atom stereocenters. The molecule has 1 atom stereocenters. The highest BCUT2D eigenvalue weighted by Gasteiger charge is 2.22. The van der Waals surface area contributed by atoms with Crippen LogP contribution >= 0.6 is 33.9 Å². The van der Waals surface area contributed by atoms with Crippen LogP contribution in [0.25, 0.3) is 0 Å². The quantitative estimate of drug-likeness (QED) is 0.458. The van der Waals surface area contributed by atoms with Gasteiger partial charge < -0.3 is 5.32 Å². The largest absolute Gasteiger partial charge is 0.306 e. The molecular weight excluding hydrogens is 399 g/mol. The fraction of sp³-hybridized carbons (Fsp3) is 0.333. The molecule has 21 heavy (non-hydrogen) atoms. The van der Waals surface area contributed by atoms with E-state index in [4.69, 9.17) is 0 Å². The third-order valence-electron chi connectivity index (χ3n) is 3.78. The second kappa shape index (κ2) is 6.41. The highest BCUT2D eigenvalue weighted by molar-refractivity contribution is 14.1. The Kier molecular flexibility index (Phi) is 4.56. The summed E-state index contributed by atoms with van der Waals surface area (Å²) in [6.07, 6.45) is 3.58. The van der Waals surface area contributed by atoms with Crippen LogP contribution in [-0.2, 0) is 13.0 Å². The van der Waals surface area contributed by atoms with E-state index in [-0.39, 0.29) is 10.6 Å². The minimum absolute atomic E-state index is 0.145. The third kappa shape index (κ3) is 3.44. The normalized spacial score (nSPS) is 17.5. The molecule has 110 valence electrons. The highest BCUT2D eigenvalue weighted by atomic mass is 127. The van der Waals surface area contributed by atoms with Crippen LogP contribution in [0.3, 0.4) is 0 Å². The van der Waals surface area contributed by atoms with Gasteiger partial charge in [-0.3, -0.25) is 10.1 Å². The van der Waals surface area contributed by atoms with E-state index < -0.39 is 0 Å². The van der Waals surface area contributed by atoms with Crippen molar-refractivity contribution >= 4 is 39.6 Å². The summed E-state index contributed by atoms with van der Waals surface area (Å²) in [5, 5.41) is 14.2. The molecule has 2 aromatic rings. The maximum atomic E-state index is 10.6. The second-order valence-electron chi connectivity index (χ2n) is 5.18. The van der Waals surface area contributed by atoms with Gasteiger partial charge in [-0.15, -0.1) is 11.3 Å². The van der Waals surface area contributed by atoms with E-state index in [0.29, 0.717) is 6.04 Å². The van der Waals surface area contributed by atoms with Gasteiger partial charge in [-0.25, -0.2) is 0 Å². The molecule has 0 spiro atoms. The average molecular weight is 414 g/mol. The Morgan fingerprint density at radius 2 is 2.14 bits per heavy atom. The summed E-state index contributed by atoms with van der Waals surface area (Å²) in [5.74, 6) is 0. The minimum atomic E-state index is -0.363. The lowest BCUT2D eigenvalue weighted by Gasteiger charge is -2.23. The number of fused-ring (bicyclic) bond motifs is 1. The minimum Gasteiger partial charge on any atom is -0.306 e. The summed E-state index contributed by atoms with van der Waals surface area (Å²) in [7, 11) is 0. The van der Waals surface area contributed by atoms with E-state index in [2.05, 4.69) is 34.0 Å². The summed E-state index contributed by atoms with van der Waals surface area (Å²) in [5.41, 5.74) is 2.67. The summed E-state index contributed by atoms with van der Waals surface area (Å²) < 4.78 is 1.35. The first-order valence-corrected chi connectivity index (χ1v) is 8.78. The van der Waals surface area contributed by atoms with Gasteiger partial charge in [0.1, 0.15) is 0 Å². The van der Waals surface area contributed by atoms with Crippen molar-refractivity contribution in [1.29, 1.82) is 0 Å². The van der Waals surface area contributed by atoms with Gasteiger partial charge in [0.15, 0.2) is 0 Å². The van der Waals surface area contributed by atoms with Crippen molar-refractivity contribution in [3.63, 3.8) is 0 Å². The van der Waals surface area contributed by atoms with Crippen LogP contribution in [0.4, 0.5) is 5.69 Å². The lowest BCUT2D eigenvalue weighted by Crippen LogP contribution is -2.23. The van der Waals surface area contributed by atoms with Gasteiger partial charge in [-0.2, -0.15) is 0 Å². The standard InChI is InChI=1S/C15H15IN2O2S/c16-15-8-12-13(2-1-3-14(12)21-15)17-9-10-4-6-11(7-5-10)18(19)20/h4-8,13,17H,1-3,9H2. The lowest BCUT2D eigenvalue weighted by molar-refractivity contribution is -0.384. The van der Waals surface area contributed by atoms with Crippen molar-refractivity contribution < 1.29 is 4.92 Å². The summed E-state index contributed by atoms with van der Waals surface area (Å²) in [4.78, 5) is 11.8. The fourth-order valence-electron chi connectivity index (χ4n) is 2.71. The Morgan fingerprint density at radius 1 is 1.38 bits per heavy atom. The molecule has 0 saturated carbocycles. The van der Waals surface area contributed by atoms with Gasteiger partial charge in [-0.05, 0) is 59.0 Å². The molecule has 3 rings (SSSR count). The van der Waals surface area contributed by atoms with Crippen LogP contribution in [0, 0.1) is 13.0 Å². The van der Waals surface area contributed by atoms with Gasteiger partial charge in [0, 0.05) is 29.6 Å². The highest BCUT2D eigenvalue weighted by Crippen LogP contribution is 2.36. The van der Waals surface area contributed by atoms with Crippen LogP contribution < -0.4 is 5.32 Å². The van der Waals surface area contributed by atoms with Crippen LogP contribution in [0.1, 0.15) is 34.9 Å². The van der Waals surface area contributed by atoms with Crippen molar-refractivity contribution in [2.75, 3.05) is 0 Å². The Balaban J connectivity index is 1.67. The molecule has 0 saturated heterocycles. The maximum Gasteiger partial charge on any atom is 0.269 e. The van der Waals surface area contributed by atoms with Crippen LogP contribution in [-0.4, -0.2) is 4.92 Å². The molecule has 1 aliphatic carbocycles. The number of non-ortho nitro benzene ring substituents is 1. The van der Waals surface area contributed by atoms with Crippen molar-refractivity contribution in [1.82, 2.24) is 5.32 Å². The summed E-state index contributed by atoms with van der Waals surface area (Å²) in [6.45, 7) is 0.745. The van der Waals surface area contributed by atoms with Gasteiger partial charge in [0.05, 0.1) is 7.81 Å². The number of nitrogens with one attached hydrogen (secondary N) is 1. The number of halogens is 1. The predicted octanol–water partition coefficient (Wildman–Crippen LogP) is 4.43. The number of nitro groups is 1. The molecule has 0 fully saturated rings. The van der Waals surface area contributed by atoms with E-state index >= 15 is 0 Å². The number of nitro benzene ring substituents is 1. The van der Waals surface area contributed by atoms with E-state index in [9.17, 15) is 10.1 Å². The average Bonchev–Trinajstić information content (AvgIpc) is 2.86. The first-order valence-electron chi connectivity index (χ1n) is 6.88. The molecule has 0 amide bonds. The monoisotopic (exact) mass is 414 g/mol. The first-order chi connectivity index (χ1) is 10.1. The molecule has 0 bridgehead atoms. The fourth-order valence-corrected chi connectivity index (χ4v) is 4.83. The summed E-state index contributed by atoms with van der Waals surface area (Å²) in [6, 6.07) is 9.48. The summed E-state index contributed by atoms with van der Waals surface area (Å²) >= 11 is 4.28. The van der Waals surface area contributed by atoms with Crippen molar-refractivity contribution in [3.05, 3.63) is 59.3 Å². The van der Waals surface area contributed by atoms with E-state index in [0.717, 1.165) is 18.5 Å². The molecular formula is C15H15IN2O2S. The smallest absolute Gasteiger partial charge is 0.269 e. The number of thiophene rings is 1. The number of hydrogen-bond acceptors (Lipinski definition) is 4. The molecule has 1 aromatic carbocycles. The Bertz CT molecular complexity index is 654. The third-order valence-corrected chi connectivity index (χ3v) is 5.75. The number of hydrogen-bond donors (Lipinski definition) is 1. The number of aryl methyl sites for hydroxylation is 1. The topological polar surface area (TPSA) is 55.2 Å². The van der Waals surface area contributed by atoms with Crippen molar-refractivity contribution in [2.45, 2.75) is 31.8 Å². The second-order valence-corrected chi connectivity index (χ2v) is 8.21. The number of rotatable bonds is 4. The molecule has 1 aromatic heterocycles. The van der Waals surface area contributed by atoms with Crippen LogP contribution in [0.15, 0.2) is 30.3 Å². The zero-order valence-electron chi connectivity index (χ0n) is 11.3. The Morgan fingerprint density at radius 3 is 2.86 bits per heavy atom. The molecule has 1 N–H and O–H groups in total. The maximum absolute atomic E-state index is 10.6. The molecule has 4 nitrogen and oxygen atoms in total. The van der Waals surface area contributed by atoms with Gasteiger partial charge in [-0.1, -0.05) is 12.1 Å². The molecule has 1 aliphatic rings. The van der Waals surface area contributed by atoms with Crippen molar-refractivity contribution in [2.24, 2.45) is 0 Å². The van der Waals surface area contributed by atoms with Gasteiger partial charge in [0.25, 0.3) is 5.69 Å². The zero-order chi connectivity index (χ0) is 14.8. The Hall–Kier alpha value is -0.990. The van der Waals surface area contributed by atoms with E-state index in [1.165, 1.54) is 26.2 Å². The predicted molar refractivity (Wildman–Crippen MR) is 92.7 cm³/mol. The number of benzene rings is 1. The van der Waals surface area contributed by atoms with Crippen LogP contribution in [0.5, 0.6) is 0 Å². The SMILES string of the molecule is O=[N+]([O-])c1ccc(CNC2CCCc3sc(I)cc32)cc1. The number of nitrogens with zero attached hydrogens (tertiary/aromatic N) is 1. The van der Waals surface area contributed by atoms with Gasteiger partial charge in [0.2, 0.25) is 0 Å². The molecule has 1 heterocycles. The first kappa shape index (κ1) is 14.9. The molecule has 0 aliphatic heterocycles. The van der Waals surface area contributed by atoms with E-state index in [1.54, 1.807) is 12.1 Å². The van der Waals surface area contributed by atoms with Crippen molar-refractivity contribution in [3.8, 4) is 0 Å². The zero-order valence-corrected chi connectivity index (χ0v) is 14.3. The van der Waals surface area contributed by atoms with E-state index in [1.807, 2.05) is 23.5 Å². The Labute approximate surface area is 140 Å². The molecule has 6 heteroatoms. The molecule has 0 radical (unpaired) electrons. The van der Waals surface area contributed by atoms with Gasteiger partial charge >= 0.3 is 0 Å². The van der Waals surface area contributed by atoms with Crippen LogP contribution in [0.2, 0.25) is 0 Å².